The van der Waals surface area contributed by atoms with E-state index in [0.717, 1.165) is 23.3 Å². The highest BCUT2D eigenvalue weighted by Gasteiger charge is 2.22. The van der Waals surface area contributed by atoms with Crippen LogP contribution in [0.3, 0.4) is 0 Å². The molecule has 6 nitrogen and oxygen atoms in total. The number of nitrogens with one attached hydrogen (secondary N) is 1. The van der Waals surface area contributed by atoms with Gasteiger partial charge in [0.2, 0.25) is 11.8 Å². The molecule has 1 aromatic heterocycles. The maximum absolute atomic E-state index is 12.9. The number of fused-ring (bicyclic) bond motifs is 1. The smallest absolute Gasteiger partial charge is 0.243 e. The summed E-state index contributed by atoms with van der Waals surface area (Å²) in [6, 6.07) is 8.20. The highest BCUT2D eigenvalue weighted by atomic mass is 16.2. The van der Waals surface area contributed by atoms with Crippen LogP contribution in [0.2, 0.25) is 0 Å². The first-order valence-electron chi connectivity index (χ1n) is 9.31. The lowest BCUT2D eigenvalue weighted by Crippen LogP contribution is -2.43. The standard InChI is InChI=1S/C20H30N4O2/c1-14(2)24(15(3)4)20(26)13-23-18-10-7-6-9-17(18)22-19(23)11-8-12-21-16(5)25/h6-7,9-10,14-15H,8,11-13H2,1-5H3,(H,21,25). The molecule has 0 saturated heterocycles. The molecular weight excluding hydrogens is 328 g/mol. The van der Waals surface area contributed by atoms with Crippen molar-refractivity contribution in [3.63, 3.8) is 0 Å². The zero-order valence-corrected chi connectivity index (χ0v) is 16.5. The molecule has 2 aromatic rings. The Hall–Kier alpha value is -2.37. The van der Waals surface area contributed by atoms with Crippen LogP contribution in [0, 0.1) is 0 Å². The number of carbonyl (C=O) groups is 2. The van der Waals surface area contributed by atoms with E-state index in [1.54, 1.807) is 0 Å². The van der Waals surface area contributed by atoms with Gasteiger partial charge in [-0.25, -0.2) is 4.98 Å². The summed E-state index contributed by atoms with van der Waals surface area (Å²) >= 11 is 0. The van der Waals surface area contributed by atoms with E-state index in [2.05, 4.69) is 5.32 Å². The number of aryl methyl sites for hydroxylation is 1. The van der Waals surface area contributed by atoms with Crippen molar-refractivity contribution in [3.05, 3.63) is 30.1 Å². The van der Waals surface area contributed by atoms with Gasteiger partial charge < -0.3 is 14.8 Å². The number of hydrogen-bond acceptors (Lipinski definition) is 3. The fourth-order valence-corrected chi connectivity index (χ4v) is 3.39. The predicted molar refractivity (Wildman–Crippen MR) is 104 cm³/mol. The first kappa shape index (κ1) is 19.9. The molecule has 2 rings (SSSR count). The van der Waals surface area contributed by atoms with E-state index in [1.807, 2.05) is 61.4 Å². The van der Waals surface area contributed by atoms with E-state index < -0.39 is 0 Å². The summed E-state index contributed by atoms with van der Waals surface area (Å²) in [5.41, 5.74) is 1.87. The number of para-hydroxylation sites is 2. The number of carbonyl (C=O) groups excluding carboxylic acids is 2. The average molecular weight is 358 g/mol. The third-order valence-electron chi connectivity index (χ3n) is 4.38. The van der Waals surface area contributed by atoms with Crippen LogP contribution in [0.15, 0.2) is 24.3 Å². The number of imidazole rings is 1. The van der Waals surface area contributed by atoms with Gasteiger partial charge in [0.15, 0.2) is 0 Å². The topological polar surface area (TPSA) is 67.2 Å². The van der Waals surface area contributed by atoms with Gasteiger partial charge in [0.25, 0.3) is 0 Å². The normalized spacial score (nSPS) is 11.3. The number of aromatic nitrogens is 2. The fourth-order valence-electron chi connectivity index (χ4n) is 3.39. The molecule has 142 valence electrons. The summed E-state index contributed by atoms with van der Waals surface area (Å²) in [6.07, 6.45) is 1.50. The number of rotatable bonds is 8. The van der Waals surface area contributed by atoms with Crippen LogP contribution in [-0.4, -0.2) is 44.9 Å². The maximum Gasteiger partial charge on any atom is 0.243 e. The van der Waals surface area contributed by atoms with E-state index in [1.165, 1.54) is 6.92 Å². The molecule has 26 heavy (non-hydrogen) atoms. The lowest BCUT2D eigenvalue weighted by Gasteiger charge is -2.31. The third kappa shape index (κ3) is 4.84. The Balaban J connectivity index is 2.24. The maximum atomic E-state index is 12.9. The second-order valence-corrected chi connectivity index (χ2v) is 7.18. The monoisotopic (exact) mass is 358 g/mol. The largest absolute Gasteiger partial charge is 0.356 e. The van der Waals surface area contributed by atoms with Gasteiger partial charge in [0.1, 0.15) is 12.4 Å². The highest BCUT2D eigenvalue weighted by Crippen LogP contribution is 2.18. The Morgan fingerprint density at radius 2 is 1.81 bits per heavy atom. The average Bonchev–Trinajstić information content (AvgIpc) is 2.88. The molecule has 0 saturated carbocycles. The van der Waals surface area contributed by atoms with Crippen LogP contribution < -0.4 is 5.32 Å². The molecule has 1 N–H and O–H groups in total. The number of hydrogen-bond donors (Lipinski definition) is 1. The molecule has 1 heterocycles. The summed E-state index contributed by atoms with van der Waals surface area (Å²) in [4.78, 5) is 30.6. The van der Waals surface area contributed by atoms with E-state index >= 15 is 0 Å². The second kappa shape index (κ2) is 8.83. The van der Waals surface area contributed by atoms with Gasteiger partial charge in [-0.3, -0.25) is 9.59 Å². The van der Waals surface area contributed by atoms with Gasteiger partial charge in [-0.15, -0.1) is 0 Å². The molecule has 0 atom stereocenters. The first-order valence-corrected chi connectivity index (χ1v) is 9.31. The Kier molecular flexibility index (Phi) is 6.77. The predicted octanol–water partition coefficient (Wildman–Crippen LogP) is 2.75. The molecule has 0 bridgehead atoms. The molecule has 0 aliphatic carbocycles. The number of nitrogens with zero attached hydrogens (tertiary/aromatic N) is 3. The molecule has 0 fully saturated rings. The Bertz CT molecular complexity index is 756. The zero-order chi connectivity index (χ0) is 19.3. The lowest BCUT2D eigenvalue weighted by molar-refractivity contribution is -0.135. The molecule has 0 aliphatic heterocycles. The van der Waals surface area contributed by atoms with E-state index in [9.17, 15) is 9.59 Å². The molecule has 0 unspecified atom stereocenters. The van der Waals surface area contributed by atoms with E-state index in [0.29, 0.717) is 13.0 Å². The van der Waals surface area contributed by atoms with Gasteiger partial charge in [-0.05, 0) is 46.2 Å². The van der Waals surface area contributed by atoms with Crippen LogP contribution in [0.4, 0.5) is 0 Å². The van der Waals surface area contributed by atoms with Crippen molar-refractivity contribution in [1.82, 2.24) is 19.8 Å². The highest BCUT2D eigenvalue weighted by molar-refractivity contribution is 5.81. The molecule has 0 radical (unpaired) electrons. The molecule has 6 heteroatoms. The first-order chi connectivity index (χ1) is 12.3. The van der Waals surface area contributed by atoms with Crippen molar-refractivity contribution in [1.29, 1.82) is 0 Å². The molecular formula is C20H30N4O2. The minimum absolute atomic E-state index is 0.0295. The lowest BCUT2D eigenvalue weighted by atomic mass is 10.2. The molecule has 1 aromatic carbocycles. The molecule has 2 amide bonds. The minimum Gasteiger partial charge on any atom is -0.356 e. The second-order valence-electron chi connectivity index (χ2n) is 7.18. The van der Waals surface area contributed by atoms with Gasteiger partial charge >= 0.3 is 0 Å². The summed E-state index contributed by atoms with van der Waals surface area (Å²) in [5.74, 6) is 0.955. The summed E-state index contributed by atoms with van der Waals surface area (Å²) < 4.78 is 2.02. The summed E-state index contributed by atoms with van der Waals surface area (Å²) in [7, 11) is 0. The Morgan fingerprint density at radius 3 is 2.42 bits per heavy atom. The summed E-state index contributed by atoms with van der Waals surface area (Å²) in [6.45, 7) is 10.6. The van der Waals surface area contributed by atoms with Gasteiger partial charge in [0.05, 0.1) is 11.0 Å². The zero-order valence-electron chi connectivity index (χ0n) is 16.5. The van der Waals surface area contributed by atoms with Gasteiger partial charge in [0, 0.05) is 32.0 Å². The summed E-state index contributed by atoms with van der Waals surface area (Å²) in [5, 5.41) is 2.81. The molecule has 0 aliphatic rings. The van der Waals surface area contributed by atoms with Crippen molar-refractivity contribution in [2.75, 3.05) is 6.54 Å². The number of amides is 2. The van der Waals surface area contributed by atoms with Crippen LogP contribution in [0.1, 0.15) is 46.9 Å². The van der Waals surface area contributed by atoms with Crippen molar-refractivity contribution >= 4 is 22.8 Å². The van der Waals surface area contributed by atoms with Crippen LogP contribution in [-0.2, 0) is 22.6 Å². The SMILES string of the molecule is CC(=O)NCCCc1nc2ccccc2n1CC(=O)N(C(C)C)C(C)C. The van der Waals surface area contributed by atoms with Crippen molar-refractivity contribution in [2.24, 2.45) is 0 Å². The fraction of sp³-hybridized carbons (Fsp3) is 0.550. The molecule has 0 spiro atoms. The van der Waals surface area contributed by atoms with Gasteiger partial charge in [-0.2, -0.15) is 0 Å². The van der Waals surface area contributed by atoms with E-state index in [-0.39, 0.29) is 30.4 Å². The Morgan fingerprint density at radius 1 is 1.15 bits per heavy atom. The van der Waals surface area contributed by atoms with Crippen LogP contribution >= 0.6 is 0 Å². The van der Waals surface area contributed by atoms with Gasteiger partial charge in [-0.1, -0.05) is 12.1 Å². The van der Waals surface area contributed by atoms with Crippen molar-refractivity contribution in [2.45, 2.75) is 66.1 Å². The minimum atomic E-state index is -0.0295. The Labute approximate surface area is 155 Å². The van der Waals surface area contributed by atoms with Crippen LogP contribution in [0.25, 0.3) is 11.0 Å². The third-order valence-corrected chi connectivity index (χ3v) is 4.38. The van der Waals surface area contributed by atoms with Crippen LogP contribution in [0.5, 0.6) is 0 Å². The number of benzene rings is 1. The van der Waals surface area contributed by atoms with Crippen molar-refractivity contribution < 1.29 is 9.59 Å². The van der Waals surface area contributed by atoms with Crippen molar-refractivity contribution in [3.8, 4) is 0 Å². The quantitative estimate of drug-likeness (QED) is 0.738. The van der Waals surface area contributed by atoms with E-state index in [4.69, 9.17) is 4.98 Å².